The van der Waals surface area contributed by atoms with Crippen LogP contribution in [0.4, 0.5) is 4.79 Å². The van der Waals surface area contributed by atoms with Crippen molar-refractivity contribution in [1.82, 2.24) is 9.80 Å². The van der Waals surface area contributed by atoms with Gasteiger partial charge >= 0.3 is 12.0 Å². The second kappa shape index (κ2) is 9.17. The molecule has 3 N–H and O–H groups in total. The van der Waals surface area contributed by atoms with E-state index >= 15 is 0 Å². The van der Waals surface area contributed by atoms with Crippen LogP contribution < -0.4 is 5.73 Å². The van der Waals surface area contributed by atoms with Gasteiger partial charge in [-0.15, -0.1) is 0 Å². The molecule has 0 saturated carbocycles. The number of rotatable bonds is 9. The first kappa shape index (κ1) is 18.2. The van der Waals surface area contributed by atoms with Gasteiger partial charge in [-0.25, -0.2) is 4.79 Å². The Labute approximate surface area is 119 Å². The molecule has 0 aromatic heterocycles. The molecule has 0 heterocycles. The third-order valence-corrected chi connectivity index (χ3v) is 2.58. The third kappa shape index (κ3) is 7.60. The summed E-state index contributed by atoms with van der Waals surface area (Å²) in [6.45, 7) is 5.92. The Balaban J connectivity index is 4.90. The van der Waals surface area contributed by atoms with Crippen LogP contribution in [0.2, 0.25) is 0 Å². The SMILES string of the molecule is CCCCN(CC(N)=O)C(=O)N(CC(=O)O)CC(C)C. The molecule has 0 unspecified atom stereocenters. The first-order valence-electron chi connectivity index (χ1n) is 6.81. The summed E-state index contributed by atoms with van der Waals surface area (Å²) in [5.74, 6) is -1.54. The second-order valence-corrected chi connectivity index (χ2v) is 5.19. The van der Waals surface area contributed by atoms with E-state index in [0.29, 0.717) is 13.1 Å². The van der Waals surface area contributed by atoms with Crippen LogP contribution in [0, 0.1) is 5.92 Å². The number of carboxylic acid groups (broad SMARTS) is 1. The maximum absolute atomic E-state index is 12.3. The van der Waals surface area contributed by atoms with Gasteiger partial charge in [-0.3, -0.25) is 9.59 Å². The average molecular weight is 287 g/mol. The summed E-state index contributed by atoms with van der Waals surface area (Å²) in [6.07, 6.45) is 1.60. The van der Waals surface area contributed by atoms with Gasteiger partial charge in [0, 0.05) is 13.1 Å². The smallest absolute Gasteiger partial charge is 0.323 e. The van der Waals surface area contributed by atoms with Crippen molar-refractivity contribution in [3.8, 4) is 0 Å². The average Bonchev–Trinajstić information content (AvgIpc) is 2.31. The highest BCUT2D eigenvalue weighted by Crippen LogP contribution is 2.06. The highest BCUT2D eigenvalue weighted by atomic mass is 16.4. The van der Waals surface area contributed by atoms with Crippen LogP contribution in [-0.4, -0.2) is 59.0 Å². The van der Waals surface area contributed by atoms with Gasteiger partial charge in [0.1, 0.15) is 13.1 Å². The van der Waals surface area contributed by atoms with E-state index in [4.69, 9.17) is 10.8 Å². The lowest BCUT2D eigenvalue weighted by Gasteiger charge is -2.30. The normalized spacial score (nSPS) is 10.4. The minimum absolute atomic E-state index is 0.139. The van der Waals surface area contributed by atoms with E-state index < -0.39 is 17.9 Å². The summed E-state index contributed by atoms with van der Waals surface area (Å²) in [7, 11) is 0. The van der Waals surface area contributed by atoms with Crippen molar-refractivity contribution in [2.24, 2.45) is 11.7 Å². The number of urea groups is 1. The van der Waals surface area contributed by atoms with E-state index in [0.717, 1.165) is 12.8 Å². The predicted octanol–water partition coefficient (Wildman–Crippen LogP) is 0.736. The molecule has 0 aliphatic carbocycles. The van der Waals surface area contributed by atoms with Gasteiger partial charge in [0.05, 0.1) is 0 Å². The van der Waals surface area contributed by atoms with E-state index in [2.05, 4.69) is 0 Å². The van der Waals surface area contributed by atoms with E-state index in [1.807, 2.05) is 20.8 Å². The zero-order chi connectivity index (χ0) is 15.7. The maximum atomic E-state index is 12.3. The number of carbonyl (C=O) groups is 3. The van der Waals surface area contributed by atoms with E-state index in [1.165, 1.54) is 9.80 Å². The molecule has 20 heavy (non-hydrogen) atoms. The maximum Gasteiger partial charge on any atom is 0.323 e. The van der Waals surface area contributed by atoms with Crippen LogP contribution in [0.1, 0.15) is 33.6 Å². The van der Waals surface area contributed by atoms with Gasteiger partial charge in [0.2, 0.25) is 5.91 Å². The summed E-state index contributed by atoms with van der Waals surface area (Å²) >= 11 is 0. The summed E-state index contributed by atoms with van der Waals surface area (Å²) in [5.41, 5.74) is 5.14. The molecule has 0 aliphatic rings. The van der Waals surface area contributed by atoms with Crippen LogP contribution in [-0.2, 0) is 9.59 Å². The molecule has 7 nitrogen and oxygen atoms in total. The van der Waals surface area contributed by atoms with Crippen LogP contribution in [0.25, 0.3) is 0 Å². The number of carbonyl (C=O) groups excluding carboxylic acids is 2. The number of primary amides is 1. The van der Waals surface area contributed by atoms with Crippen LogP contribution in [0.5, 0.6) is 0 Å². The standard InChI is InChI=1S/C13H25N3O4/c1-4-5-6-15(8-11(14)17)13(20)16(7-10(2)3)9-12(18)19/h10H,4-9H2,1-3H3,(H2,14,17)(H,18,19). The Kier molecular flexibility index (Phi) is 8.35. The van der Waals surface area contributed by atoms with Crippen LogP contribution in [0.15, 0.2) is 0 Å². The molecule has 7 heteroatoms. The van der Waals surface area contributed by atoms with Crippen molar-refractivity contribution in [2.75, 3.05) is 26.2 Å². The first-order chi connectivity index (χ1) is 9.27. The number of nitrogens with two attached hydrogens (primary N) is 1. The van der Waals surface area contributed by atoms with Gasteiger partial charge in [-0.1, -0.05) is 27.2 Å². The zero-order valence-electron chi connectivity index (χ0n) is 12.5. The number of hydrogen-bond donors (Lipinski definition) is 2. The summed E-state index contributed by atoms with van der Waals surface area (Å²) in [4.78, 5) is 36.8. The highest BCUT2D eigenvalue weighted by molar-refractivity contribution is 5.85. The molecule has 0 aliphatic heterocycles. The van der Waals surface area contributed by atoms with Crippen molar-refractivity contribution in [3.05, 3.63) is 0 Å². The fourth-order valence-corrected chi connectivity index (χ4v) is 1.79. The fourth-order valence-electron chi connectivity index (χ4n) is 1.79. The van der Waals surface area contributed by atoms with Crippen LogP contribution >= 0.6 is 0 Å². The quantitative estimate of drug-likeness (QED) is 0.652. The third-order valence-electron chi connectivity index (χ3n) is 2.58. The van der Waals surface area contributed by atoms with Crippen molar-refractivity contribution < 1.29 is 19.5 Å². The minimum Gasteiger partial charge on any atom is -0.480 e. The Morgan fingerprint density at radius 3 is 2.15 bits per heavy atom. The molecule has 0 aromatic carbocycles. The molecule has 3 amide bonds. The molecule has 0 rings (SSSR count). The predicted molar refractivity (Wildman–Crippen MR) is 75.1 cm³/mol. The van der Waals surface area contributed by atoms with Gasteiger partial charge in [-0.2, -0.15) is 0 Å². The molecule has 0 aromatic rings. The van der Waals surface area contributed by atoms with Crippen molar-refractivity contribution in [1.29, 1.82) is 0 Å². The molecule has 0 atom stereocenters. The molecule has 0 bridgehead atoms. The Morgan fingerprint density at radius 1 is 1.15 bits per heavy atom. The highest BCUT2D eigenvalue weighted by Gasteiger charge is 2.24. The molecule has 116 valence electrons. The van der Waals surface area contributed by atoms with Crippen molar-refractivity contribution in [2.45, 2.75) is 33.6 Å². The Bertz CT molecular complexity index is 345. The Hall–Kier alpha value is -1.79. The number of amides is 3. The lowest BCUT2D eigenvalue weighted by molar-refractivity contribution is -0.137. The fraction of sp³-hybridized carbons (Fsp3) is 0.769. The summed E-state index contributed by atoms with van der Waals surface area (Å²) in [6, 6.07) is -0.451. The molecular formula is C13H25N3O4. The van der Waals surface area contributed by atoms with E-state index in [9.17, 15) is 14.4 Å². The number of nitrogens with zero attached hydrogens (tertiary/aromatic N) is 2. The Morgan fingerprint density at radius 2 is 1.75 bits per heavy atom. The zero-order valence-corrected chi connectivity index (χ0v) is 12.5. The second-order valence-electron chi connectivity index (χ2n) is 5.19. The summed E-state index contributed by atoms with van der Waals surface area (Å²) in [5, 5.41) is 8.88. The van der Waals surface area contributed by atoms with Crippen molar-refractivity contribution >= 4 is 17.9 Å². The first-order valence-corrected chi connectivity index (χ1v) is 6.81. The topological polar surface area (TPSA) is 104 Å². The number of aliphatic carboxylic acids is 1. The number of hydrogen-bond acceptors (Lipinski definition) is 3. The van der Waals surface area contributed by atoms with Gasteiger partial charge in [-0.05, 0) is 12.3 Å². The number of unbranched alkanes of at least 4 members (excludes halogenated alkanes) is 1. The monoisotopic (exact) mass is 287 g/mol. The van der Waals surface area contributed by atoms with Gasteiger partial charge < -0.3 is 20.6 Å². The lowest BCUT2D eigenvalue weighted by atomic mass is 10.2. The van der Waals surface area contributed by atoms with E-state index in [1.54, 1.807) is 0 Å². The molecule has 0 spiro atoms. The molecule has 0 saturated heterocycles. The van der Waals surface area contributed by atoms with Crippen LogP contribution in [0.3, 0.4) is 0 Å². The van der Waals surface area contributed by atoms with Crippen molar-refractivity contribution in [3.63, 3.8) is 0 Å². The van der Waals surface area contributed by atoms with E-state index in [-0.39, 0.29) is 19.0 Å². The molecular weight excluding hydrogens is 262 g/mol. The minimum atomic E-state index is -1.08. The van der Waals surface area contributed by atoms with Gasteiger partial charge in [0.25, 0.3) is 0 Å². The lowest BCUT2D eigenvalue weighted by Crippen LogP contribution is -2.49. The largest absolute Gasteiger partial charge is 0.480 e. The van der Waals surface area contributed by atoms with Gasteiger partial charge in [0.15, 0.2) is 0 Å². The number of carboxylic acids is 1. The molecule has 0 radical (unpaired) electrons. The summed E-state index contributed by atoms with van der Waals surface area (Å²) < 4.78 is 0. The molecule has 0 fully saturated rings.